The SMILES string of the molecule is Cc1cnc2c(c1)C(=O)C(=O)N2C. The minimum absolute atomic E-state index is 0.410. The number of aryl methyl sites for hydroxylation is 1. The summed E-state index contributed by atoms with van der Waals surface area (Å²) in [6.45, 7) is 1.84. The second-order valence-corrected chi connectivity index (χ2v) is 3.08. The number of likely N-dealkylation sites (N-methyl/N-ethyl adjacent to an activating group) is 1. The van der Waals surface area contributed by atoms with Crippen LogP contribution in [0.5, 0.6) is 0 Å². The molecule has 13 heavy (non-hydrogen) atoms. The largest absolute Gasteiger partial charge is 0.300 e. The van der Waals surface area contributed by atoms with Crippen LogP contribution in [0.25, 0.3) is 0 Å². The molecule has 1 aromatic rings. The van der Waals surface area contributed by atoms with E-state index in [1.165, 1.54) is 4.90 Å². The van der Waals surface area contributed by atoms with Crippen LogP contribution >= 0.6 is 0 Å². The molecule has 4 nitrogen and oxygen atoms in total. The van der Waals surface area contributed by atoms with Crippen molar-refractivity contribution in [3.63, 3.8) is 0 Å². The van der Waals surface area contributed by atoms with Crippen molar-refractivity contribution in [2.24, 2.45) is 0 Å². The first-order valence-electron chi connectivity index (χ1n) is 3.90. The van der Waals surface area contributed by atoms with Gasteiger partial charge in [-0.2, -0.15) is 0 Å². The van der Waals surface area contributed by atoms with Crippen molar-refractivity contribution in [1.82, 2.24) is 4.98 Å². The molecule has 1 aliphatic rings. The first-order chi connectivity index (χ1) is 6.11. The summed E-state index contributed by atoms with van der Waals surface area (Å²) in [6, 6.07) is 1.69. The quantitative estimate of drug-likeness (QED) is 0.542. The number of fused-ring (bicyclic) bond motifs is 1. The molecular weight excluding hydrogens is 168 g/mol. The highest BCUT2D eigenvalue weighted by atomic mass is 16.2. The van der Waals surface area contributed by atoms with Crippen molar-refractivity contribution in [2.45, 2.75) is 6.92 Å². The molecule has 2 heterocycles. The Morgan fingerprint density at radius 2 is 2.08 bits per heavy atom. The van der Waals surface area contributed by atoms with Gasteiger partial charge in [-0.15, -0.1) is 0 Å². The standard InChI is InChI=1S/C9H8N2O2/c1-5-3-6-7(12)9(13)11(2)8(6)10-4-5/h3-4H,1-2H3. The van der Waals surface area contributed by atoms with E-state index in [0.29, 0.717) is 11.4 Å². The number of nitrogens with zero attached hydrogens (tertiary/aromatic N) is 2. The molecule has 0 aliphatic carbocycles. The second-order valence-electron chi connectivity index (χ2n) is 3.08. The van der Waals surface area contributed by atoms with Crippen LogP contribution in [0, 0.1) is 6.92 Å². The van der Waals surface area contributed by atoms with Crippen molar-refractivity contribution in [2.75, 3.05) is 11.9 Å². The van der Waals surface area contributed by atoms with Crippen LogP contribution in [0.3, 0.4) is 0 Å². The Balaban J connectivity index is 2.67. The second kappa shape index (κ2) is 2.39. The lowest BCUT2D eigenvalue weighted by molar-refractivity contribution is -0.114. The van der Waals surface area contributed by atoms with Gasteiger partial charge in [0.2, 0.25) is 0 Å². The molecule has 0 saturated heterocycles. The van der Waals surface area contributed by atoms with Crippen LogP contribution in [-0.4, -0.2) is 23.7 Å². The van der Waals surface area contributed by atoms with E-state index in [2.05, 4.69) is 4.98 Å². The van der Waals surface area contributed by atoms with Gasteiger partial charge in [-0.3, -0.25) is 14.5 Å². The number of Topliss-reactive ketones (excluding diaryl/α,β-unsaturated/α-hetero) is 1. The molecule has 1 aromatic heterocycles. The van der Waals surface area contributed by atoms with Crippen LogP contribution in [0.1, 0.15) is 15.9 Å². The number of aromatic nitrogens is 1. The number of ketones is 1. The lowest BCUT2D eigenvalue weighted by atomic mass is 10.2. The van der Waals surface area contributed by atoms with Gasteiger partial charge in [-0.05, 0) is 18.6 Å². The molecule has 0 spiro atoms. The number of hydrogen-bond acceptors (Lipinski definition) is 3. The molecule has 0 fully saturated rings. The summed E-state index contributed by atoms with van der Waals surface area (Å²) in [5.74, 6) is -0.512. The molecule has 1 aliphatic heterocycles. The summed E-state index contributed by atoms with van der Waals surface area (Å²) in [4.78, 5) is 27.8. The Labute approximate surface area is 75.2 Å². The van der Waals surface area contributed by atoms with E-state index in [-0.39, 0.29) is 0 Å². The zero-order valence-corrected chi connectivity index (χ0v) is 7.37. The minimum atomic E-state index is -0.506. The summed E-state index contributed by atoms with van der Waals surface area (Å²) in [7, 11) is 1.55. The normalized spacial score (nSPS) is 15.1. The Bertz CT molecular complexity index is 412. The number of hydrogen-bond donors (Lipinski definition) is 0. The van der Waals surface area contributed by atoms with Crippen molar-refractivity contribution in [1.29, 1.82) is 0 Å². The lowest BCUT2D eigenvalue weighted by Crippen LogP contribution is -2.25. The topological polar surface area (TPSA) is 50.3 Å². The van der Waals surface area contributed by atoms with E-state index >= 15 is 0 Å². The third-order valence-corrected chi connectivity index (χ3v) is 2.06. The van der Waals surface area contributed by atoms with Crippen LogP contribution in [0.4, 0.5) is 5.82 Å². The van der Waals surface area contributed by atoms with Crippen molar-refractivity contribution < 1.29 is 9.59 Å². The molecular formula is C9H8N2O2. The molecule has 0 bridgehead atoms. The average molecular weight is 176 g/mol. The van der Waals surface area contributed by atoms with Crippen molar-refractivity contribution >= 4 is 17.5 Å². The number of pyridine rings is 1. The summed E-state index contributed by atoms with van der Waals surface area (Å²) in [5, 5.41) is 0. The fourth-order valence-electron chi connectivity index (χ4n) is 1.36. The van der Waals surface area contributed by atoms with Gasteiger partial charge in [0, 0.05) is 13.2 Å². The Hall–Kier alpha value is -1.71. The van der Waals surface area contributed by atoms with Gasteiger partial charge < -0.3 is 0 Å². The van der Waals surface area contributed by atoms with E-state index in [1.807, 2.05) is 6.92 Å². The van der Waals surface area contributed by atoms with Crippen LogP contribution < -0.4 is 4.90 Å². The average Bonchev–Trinajstić information content (AvgIpc) is 2.32. The third-order valence-electron chi connectivity index (χ3n) is 2.06. The fraction of sp³-hybridized carbons (Fsp3) is 0.222. The molecule has 0 aromatic carbocycles. The maximum Gasteiger partial charge on any atom is 0.300 e. The number of carbonyl (C=O) groups excluding carboxylic acids is 2. The summed E-state index contributed by atoms with van der Waals surface area (Å²) in [5.41, 5.74) is 1.29. The van der Waals surface area contributed by atoms with Gasteiger partial charge >= 0.3 is 0 Å². The number of carbonyl (C=O) groups is 2. The zero-order chi connectivity index (χ0) is 9.59. The number of anilines is 1. The Morgan fingerprint density at radius 1 is 1.38 bits per heavy atom. The molecule has 2 rings (SSSR count). The fourth-order valence-corrected chi connectivity index (χ4v) is 1.36. The maximum atomic E-state index is 11.3. The van der Waals surface area contributed by atoms with Gasteiger partial charge in [-0.1, -0.05) is 0 Å². The van der Waals surface area contributed by atoms with Gasteiger partial charge in [0.05, 0.1) is 5.56 Å². The van der Waals surface area contributed by atoms with Gasteiger partial charge in [-0.25, -0.2) is 4.98 Å². The number of amides is 1. The Morgan fingerprint density at radius 3 is 2.77 bits per heavy atom. The molecule has 0 N–H and O–H groups in total. The minimum Gasteiger partial charge on any atom is -0.292 e. The maximum absolute atomic E-state index is 11.3. The van der Waals surface area contributed by atoms with E-state index in [4.69, 9.17) is 0 Å². The summed E-state index contributed by atoms with van der Waals surface area (Å²) < 4.78 is 0. The highest BCUT2D eigenvalue weighted by molar-refractivity contribution is 6.51. The Kier molecular flexibility index (Phi) is 1.45. The van der Waals surface area contributed by atoms with Gasteiger partial charge in [0.25, 0.3) is 11.7 Å². The van der Waals surface area contributed by atoms with Crippen LogP contribution in [0.2, 0.25) is 0 Å². The zero-order valence-electron chi connectivity index (χ0n) is 7.37. The van der Waals surface area contributed by atoms with Crippen LogP contribution in [0.15, 0.2) is 12.3 Å². The molecule has 0 unspecified atom stereocenters. The highest BCUT2D eigenvalue weighted by Gasteiger charge is 2.34. The van der Waals surface area contributed by atoms with Crippen molar-refractivity contribution in [3.8, 4) is 0 Å². The third kappa shape index (κ3) is 0.950. The molecule has 0 radical (unpaired) electrons. The summed E-state index contributed by atoms with van der Waals surface area (Å²) >= 11 is 0. The predicted octanol–water partition coefficient (Wildman–Crippen LogP) is 0.549. The first-order valence-corrected chi connectivity index (χ1v) is 3.90. The highest BCUT2D eigenvalue weighted by Crippen LogP contribution is 2.25. The molecule has 0 saturated carbocycles. The molecule has 0 atom stereocenters. The van der Waals surface area contributed by atoms with Gasteiger partial charge in [0.15, 0.2) is 0 Å². The van der Waals surface area contributed by atoms with Gasteiger partial charge in [0.1, 0.15) is 5.82 Å². The number of rotatable bonds is 0. The monoisotopic (exact) mass is 176 g/mol. The summed E-state index contributed by atoms with van der Waals surface area (Å²) in [6.07, 6.45) is 1.64. The van der Waals surface area contributed by atoms with E-state index < -0.39 is 11.7 Å². The van der Waals surface area contributed by atoms with Crippen LogP contribution in [-0.2, 0) is 4.79 Å². The van der Waals surface area contributed by atoms with E-state index in [0.717, 1.165) is 5.56 Å². The molecule has 66 valence electrons. The lowest BCUT2D eigenvalue weighted by Gasteiger charge is -2.06. The van der Waals surface area contributed by atoms with E-state index in [9.17, 15) is 9.59 Å². The smallest absolute Gasteiger partial charge is 0.292 e. The first kappa shape index (κ1) is 7.91. The predicted molar refractivity (Wildman–Crippen MR) is 46.7 cm³/mol. The van der Waals surface area contributed by atoms with E-state index in [1.54, 1.807) is 19.3 Å². The molecule has 4 heteroatoms. The molecule has 1 amide bonds. The van der Waals surface area contributed by atoms with Crippen molar-refractivity contribution in [3.05, 3.63) is 23.4 Å².